The Morgan fingerprint density at radius 1 is 1.03 bits per heavy atom. The predicted octanol–water partition coefficient (Wildman–Crippen LogP) is 2.79. The monoisotopic (exact) mass is 395 g/mol. The fourth-order valence-corrected chi connectivity index (χ4v) is 4.87. The number of aromatic nitrogens is 3. The van der Waals surface area contributed by atoms with Gasteiger partial charge in [-0.15, -0.1) is 0 Å². The molecule has 4 rings (SSSR count). The van der Waals surface area contributed by atoms with Crippen molar-refractivity contribution in [2.75, 3.05) is 32.7 Å². The molecule has 156 valence electrons. The summed E-state index contributed by atoms with van der Waals surface area (Å²) >= 11 is 0. The van der Waals surface area contributed by atoms with Gasteiger partial charge in [0, 0.05) is 69.7 Å². The summed E-state index contributed by atoms with van der Waals surface area (Å²) in [5.74, 6) is 1.49. The van der Waals surface area contributed by atoms with Crippen molar-refractivity contribution >= 4 is 5.91 Å². The molecule has 4 heterocycles. The molecule has 6 heteroatoms. The van der Waals surface area contributed by atoms with Gasteiger partial charge in [0.2, 0.25) is 5.91 Å². The number of likely N-dealkylation sites (tertiary alicyclic amines) is 2. The van der Waals surface area contributed by atoms with E-state index in [9.17, 15) is 4.79 Å². The summed E-state index contributed by atoms with van der Waals surface area (Å²) in [6.07, 6.45) is 11.8. The standard InChI is InChI=1S/C23H33N5O/c1-2-21-25-12-16-27(21)18-17-26-14-9-23(10-15-26)8-6-22(29)28(19-23)13-7-20-5-3-4-11-24-20/h3-5,11-12,16H,2,6-10,13-15,17-19H2,1H3. The van der Waals surface area contributed by atoms with Crippen molar-refractivity contribution in [1.82, 2.24) is 24.3 Å². The number of nitrogens with zero attached hydrogens (tertiary/aromatic N) is 5. The molecule has 0 unspecified atom stereocenters. The molecule has 2 aliphatic rings. The minimum absolute atomic E-state index is 0.318. The van der Waals surface area contributed by atoms with Crippen LogP contribution >= 0.6 is 0 Å². The van der Waals surface area contributed by atoms with Gasteiger partial charge in [0.25, 0.3) is 0 Å². The van der Waals surface area contributed by atoms with Gasteiger partial charge in [-0.25, -0.2) is 4.98 Å². The van der Waals surface area contributed by atoms with Crippen LogP contribution in [0.2, 0.25) is 0 Å². The van der Waals surface area contributed by atoms with Crippen LogP contribution in [-0.4, -0.2) is 63.0 Å². The topological polar surface area (TPSA) is 54.3 Å². The molecule has 0 atom stereocenters. The fourth-order valence-electron chi connectivity index (χ4n) is 4.87. The number of hydrogen-bond acceptors (Lipinski definition) is 4. The van der Waals surface area contributed by atoms with Gasteiger partial charge in [0.15, 0.2) is 0 Å². The number of amides is 1. The van der Waals surface area contributed by atoms with Gasteiger partial charge >= 0.3 is 0 Å². The van der Waals surface area contributed by atoms with Crippen LogP contribution in [0.4, 0.5) is 0 Å². The highest BCUT2D eigenvalue weighted by Gasteiger charge is 2.40. The predicted molar refractivity (Wildman–Crippen MR) is 113 cm³/mol. The molecule has 0 saturated carbocycles. The third kappa shape index (κ3) is 4.86. The maximum atomic E-state index is 12.5. The zero-order chi connectivity index (χ0) is 20.1. The van der Waals surface area contributed by atoms with Gasteiger partial charge in [-0.1, -0.05) is 13.0 Å². The first-order chi connectivity index (χ1) is 14.2. The Morgan fingerprint density at radius 2 is 1.90 bits per heavy atom. The van der Waals surface area contributed by atoms with Gasteiger partial charge < -0.3 is 14.4 Å². The molecular weight excluding hydrogens is 362 g/mol. The zero-order valence-corrected chi connectivity index (χ0v) is 17.6. The number of piperidine rings is 2. The molecule has 29 heavy (non-hydrogen) atoms. The Kier molecular flexibility index (Phi) is 6.28. The van der Waals surface area contributed by atoms with E-state index in [0.29, 0.717) is 17.7 Å². The van der Waals surface area contributed by atoms with Crippen LogP contribution in [0.25, 0.3) is 0 Å². The van der Waals surface area contributed by atoms with Gasteiger partial charge in [0.1, 0.15) is 5.82 Å². The molecule has 2 fully saturated rings. The van der Waals surface area contributed by atoms with Crippen molar-refractivity contribution < 1.29 is 4.79 Å². The highest BCUT2D eigenvalue weighted by molar-refractivity contribution is 5.77. The van der Waals surface area contributed by atoms with Crippen molar-refractivity contribution in [3.8, 4) is 0 Å². The largest absolute Gasteiger partial charge is 0.342 e. The van der Waals surface area contributed by atoms with Crippen molar-refractivity contribution in [3.05, 3.63) is 48.3 Å². The molecule has 2 aromatic rings. The molecule has 2 aromatic heterocycles. The Labute approximate surface area is 173 Å². The smallest absolute Gasteiger partial charge is 0.222 e. The summed E-state index contributed by atoms with van der Waals surface area (Å²) in [6.45, 7) is 8.26. The summed E-state index contributed by atoms with van der Waals surface area (Å²) < 4.78 is 2.28. The average Bonchev–Trinajstić information content (AvgIpc) is 3.23. The average molecular weight is 396 g/mol. The maximum Gasteiger partial charge on any atom is 0.222 e. The first kappa shape index (κ1) is 20.1. The third-order valence-corrected chi connectivity index (χ3v) is 6.80. The second-order valence-electron chi connectivity index (χ2n) is 8.62. The lowest BCUT2D eigenvalue weighted by atomic mass is 9.72. The highest BCUT2D eigenvalue weighted by Crippen LogP contribution is 2.40. The maximum absolute atomic E-state index is 12.5. The number of aryl methyl sites for hydroxylation is 1. The number of carbonyl (C=O) groups is 1. The quantitative estimate of drug-likeness (QED) is 0.723. The van der Waals surface area contributed by atoms with Crippen LogP contribution in [-0.2, 0) is 24.2 Å². The number of carbonyl (C=O) groups excluding carboxylic acids is 1. The van der Waals surface area contributed by atoms with Gasteiger partial charge in [-0.3, -0.25) is 9.78 Å². The van der Waals surface area contributed by atoms with E-state index in [0.717, 1.165) is 64.2 Å². The third-order valence-electron chi connectivity index (χ3n) is 6.80. The van der Waals surface area contributed by atoms with E-state index in [-0.39, 0.29) is 0 Å². The second-order valence-corrected chi connectivity index (χ2v) is 8.62. The van der Waals surface area contributed by atoms with Crippen LogP contribution in [0, 0.1) is 5.41 Å². The minimum Gasteiger partial charge on any atom is -0.342 e. The molecule has 0 aliphatic carbocycles. The first-order valence-electron chi connectivity index (χ1n) is 11.1. The molecular formula is C23H33N5O. The SMILES string of the molecule is CCc1nccn1CCN1CCC2(CCC(=O)N(CCc3ccccn3)C2)CC1. The van der Waals surface area contributed by atoms with Crippen LogP contribution in [0.3, 0.4) is 0 Å². The van der Waals surface area contributed by atoms with Crippen LogP contribution in [0.15, 0.2) is 36.8 Å². The molecule has 2 saturated heterocycles. The number of imidazole rings is 1. The first-order valence-corrected chi connectivity index (χ1v) is 11.1. The van der Waals surface area contributed by atoms with Crippen LogP contribution in [0.5, 0.6) is 0 Å². The molecule has 1 amide bonds. The van der Waals surface area contributed by atoms with Gasteiger partial charge in [0.05, 0.1) is 0 Å². The lowest BCUT2D eigenvalue weighted by molar-refractivity contribution is -0.139. The van der Waals surface area contributed by atoms with E-state index in [1.165, 1.54) is 18.7 Å². The van der Waals surface area contributed by atoms with Gasteiger partial charge in [-0.2, -0.15) is 0 Å². The Hall–Kier alpha value is -2.21. The lowest BCUT2D eigenvalue weighted by Crippen LogP contribution is -2.52. The Morgan fingerprint density at radius 3 is 2.66 bits per heavy atom. The summed E-state index contributed by atoms with van der Waals surface area (Å²) in [5, 5.41) is 0. The lowest BCUT2D eigenvalue weighted by Gasteiger charge is -2.47. The van der Waals surface area contributed by atoms with E-state index < -0.39 is 0 Å². The molecule has 0 N–H and O–H groups in total. The van der Waals surface area contributed by atoms with E-state index in [1.807, 2.05) is 30.6 Å². The van der Waals surface area contributed by atoms with E-state index in [1.54, 1.807) is 0 Å². The van der Waals surface area contributed by atoms with Gasteiger partial charge in [-0.05, 0) is 49.9 Å². The summed E-state index contributed by atoms with van der Waals surface area (Å²) in [6, 6.07) is 6.01. The molecule has 6 nitrogen and oxygen atoms in total. The van der Waals surface area contributed by atoms with Crippen LogP contribution < -0.4 is 0 Å². The second kappa shape index (κ2) is 9.08. The summed E-state index contributed by atoms with van der Waals surface area (Å²) in [4.78, 5) is 26.0. The molecule has 1 spiro atoms. The number of rotatable bonds is 7. The van der Waals surface area contributed by atoms with E-state index in [2.05, 4.69) is 37.5 Å². The molecule has 0 radical (unpaired) electrons. The highest BCUT2D eigenvalue weighted by atomic mass is 16.2. The van der Waals surface area contributed by atoms with E-state index >= 15 is 0 Å². The van der Waals surface area contributed by atoms with E-state index in [4.69, 9.17) is 0 Å². The fraction of sp³-hybridized carbons (Fsp3) is 0.609. The molecule has 0 aromatic carbocycles. The summed E-state index contributed by atoms with van der Waals surface area (Å²) in [5.41, 5.74) is 1.39. The zero-order valence-electron chi connectivity index (χ0n) is 17.6. The normalized spacial score (nSPS) is 19.8. The van der Waals surface area contributed by atoms with Crippen molar-refractivity contribution in [3.63, 3.8) is 0 Å². The molecule has 2 aliphatic heterocycles. The van der Waals surface area contributed by atoms with Crippen LogP contribution in [0.1, 0.15) is 44.1 Å². The summed E-state index contributed by atoms with van der Waals surface area (Å²) in [7, 11) is 0. The molecule has 0 bridgehead atoms. The minimum atomic E-state index is 0.318. The Bertz CT molecular complexity index is 795. The Balaban J connectivity index is 1.27. The van der Waals surface area contributed by atoms with Crippen molar-refractivity contribution in [1.29, 1.82) is 0 Å². The number of hydrogen-bond donors (Lipinski definition) is 0. The number of pyridine rings is 1. The van der Waals surface area contributed by atoms with Crippen molar-refractivity contribution in [2.45, 2.75) is 52.0 Å². The van der Waals surface area contributed by atoms with Crippen molar-refractivity contribution in [2.24, 2.45) is 5.41 Å².